The zero-order valence-electron chi connectivity index (χ0n) is 22.2. The summed E-state index contributed by atoms with van der Waals surface area (Å²) in [6.45, 7) is 15.0. The lowest BCUT2D eigenvalue weighted by Crippen LogP contribution is -2.49. The summed E-state index contributed by atoms with van der Waals surface area (Å²) in [6, 6.07) is 0.368. The molecule has 3 aliphatic rings. The first-order valence-electron chi connectivity index (χ1n) is 13.4. The van der Waals surface area contributed by atoms with Crippen molar-refractivity contribution in [2.45, 2.75) is 88.1 Å². The number of aliphatic hydroxyl groups excluding tert-OH is 2. The molecule has 8 heteroatoms. The quantitative estimate of drug-likeness (QED) is 0.454. The summed E-state index contributed by atoms with van der Waals surface area (Å²) in [5.41, 5.74) is 8.76. The number of aliphatic hydroxyl groups is 2. The van der Waals surface area contributed by atoms with Crippen LogP contribution in [0, 0.1) is 25.7 Å². The lowest BCUT2D eigenvalue weighted by atomic mass is 9.73. The van der Waals surface area contributed by atoms with Crippen LogP contribution in [0.4, 0.5) is 0 Å². The number of rotatable bonds is 6. The van der Waals surface area contributed by atoms with Gasteiger partial charge >= 0.3 is 0 Å². The van der Waals surface area contributed by atoms with Crippen molar-refractivity contribution in [2.75, 3.05) is 19.8 Å². The Morgan fingerprint density at radius 2 is 1.94 bits per heavy atom. The molecule has 5 heterocycles. The number of piperidine rings is 1. The van der Waals surface area contributed by atoms with E-state index in [0.29, 0.717) is 29.7 Å². The van der Waals surface area contributed by atoms with Gasteiger partial charge in [0.2, 0.25) is 0 Å². The van der Waals surface area contributed by atoms with Crippen molar-refractivity contribution < 1.29 is 10.2 Å². The van der Waals surface area contributed by atoms with Crippen LogP contribution in [0.3, 0.4) is 0 Å². The molecule has 0 amide bonds. The van der Waals surface area contributed by atoms with E-state index in [-0.39, 0.29) is 24.0 Å². The van der Waals surface area contributed by atoms with Gasteiger partial charge in [0, 0.05) is 29.1 Å². The van der Waals surface area contributed by atoms with Gasteiger partial charge in [-0.2, -0.15) is 5.10 Å². The van der Waals surface area contributed by atoms with Crippen LogP contribution in [0.1, 0.15) is 74.6 Å². The van der Waals surface area contributed by atoms with Crippen molar-refractivity contribution in [1.29, 1.82) is 0 Å². The number of likely N-dealkylation sites (tertiary alicyclic amines) is 1. The minimum absolute atomic E-state index is 0.0389. The smallest absolute Gasteiger partial charge is 0.158 e. The molecule has 4 unspecified atom stereocenters. The molecule has 5 atom stereocenters. The van der Waals surface area contributed by atoms with E-state index in [9.17, 15) is 10.2 Å². The van der Waals surface area contributed by atoms with Crippen LogP contribution in [-0.2, 0) is 0 Å². The summed E-state index contributed by atoms with van der Waals surface area (Å²) in [5.74, 6) is 2.11. The maximum atomic E-state index is 9.74. The monoisotopic (exact) mass is 509 g/mol. The highest BCUT2D eigenvalue weighted by atomic mass is 32.2. The molecule has 0 spiro atoms. The second kappa shape index (κ2) is 8.58. The SMILES string of the molecule is Cc1c(-c2[nH]c3c(c2C(C)C)C(C)C(C)([C@@H]2CC4CC2CN4C(CO)CO)S3)cn2ncnc2c1C. The first-order valence-corrected chi connectivity index (χ1v) is 14.2. The Labute approximate surface area is 217 Å². The van der Waals surface area contributed by atoms with Gasteiger partial charge in [-0.3, -0.25) is 4.90 Å². The third kappa shape index (κ3) is 3.30. The third-order valence-corrected chi connectivity index (χ3v) is 11.5. The molecule has 3 N–H and O–H groups in total. The molecule has 0 aromatic carbocycles. The van der Waals surface area contributed by atoms with Gasteiger partial charge in [0.15, 0.2) is 5.65 Å². The second-order valence-electron chi connectivity index (χ2n) is 11.8. The molecule has 1 saturated heterocycles. The molecule has 2 fully saturated rings. The first-order chi connectivity index (χ1) is 17.2. The maximum Gasteiger partial charge on any atom is 0.158 e. The van der Waals surface area contributed by atoms with E-state index in [4.69, 9.17) is 0 Å². The van der Waals surface area contributed by atoms with Crippen LogP contribution in [0.15, 0.2) is 17.6 Å². The number of aryl methyl sites for hydroxylation is 1. The average Bonchev–Trinajstić information content (AvgIpc) is 3.65. The number of hydrogen-bond donors (Lipinski definition) is 3. The molecule has 36 heavy (non-hydrogen) atoms. The van der Waals surface area contributed by atoms with Crippen molar-refractivity contribution in [3.05, 3.63) is 34.8 Å². The number of aromatic amines is 1. The van der Waals surface area contributed by atoms with Crippen LogP contribution in [-0.4, -0.2) is 71.3 Å². The molecular formula is C28H39N5O2S. The predicted octanol–water partition coefficient (Wildman–Crippen LogP) is 4.50. The Morgan fingerprint density at radius 3 is 2.58 bits per heavy atom. The highest BCUT2D eigenvalue weighted by Gasteiger charge is 2.57. The lowest BCUT2D eigenvalue weighted by Gasteiger charge is -2.44. The van der Waals surface area contributed by atoms with E-state index in [1.54, 1.807) is 6.33 Å². The first kappa shape index (κ1) is 24.5. The normalized spacial score (nSPS) is 29.9. The van der Waals surface area contributed by atoms with Crippen LogP contribution < -0.4 is 0 Å². The fourth-order valence-electron chi connectivity index (χ4n) is 7.68. The number of pyridine rings is 1. The topological polar surface area (TPSA) is 89.7 Å². The van der Waals surface area contributed by atoms with E-state index in [2.05, 4.69) is 79.5 Å². The number of nitrogens with one attached hydrogen (secondary N) is 1. The molecule has 0 radical (unpaired) electrons. The Morgan fingerprint density at radius 1 is 1.19 bits per heavy atom. The summed E-state index contributed by atoms with van der Waals surface area (Å²) in [5, 5.41) is 25.3. The standard InChI is InChI=1S/C28H39N5O2S/c1-14(2)23-24-17(5)28(6,22-8-19-7-18(22)9-32(19)20(11-34)12-35)36-27(24)31-25(23)21-10-33-26(29-13-30-33)16(4)15(21)3/h10,13-14,17-20,22,31,34-35H,7-9,11-12H2,1-6H3/t17?,18?,19?,22-,28?/m1/s1. The second-order valence-corrected chi connectivity index (χ2v) is 13.3. The van der Waals surface area contributed by atoms with Crippen molar-refractivity contribution in [3.63, 3.8) is 0 Å². The molecule has 7 nitrogen and oxygen atoms in total. The number of nitrogens with zero attached hydrogens (tertiary/aromatic N) is 4. The Hall–Kier alpha value is -1.87. The van der Waals surface area contributed by atoms with Crippen molar-refractivity contribution in [3.8, 4) is 11.3 Å². The molecule has 1 saturated carbocycles. The van der Waals surface area contributed by atoms with E-state index in [0.717, 1.165) is 18.6 Å². The minimum atomic E-state index is -0.112. The molecule has 2 aliphatic heterocycles. The van der Waals surface area contributed by atoms with Crippen molar-refractivity contribution in [2.24, 2.45) is 11.8 Å². The molecule has 194 valence electrons. The van der Waals surface area contributed by atoms with Crippen LogP contribution in [0.2, 0.25) is 0 Å². The summed E-state index contributed by atoms with van der Waals surface area (Å²) in [4.78, 5) is 10.7. The fourth-order valence-corrected chi connectivity index (χ4v) is 9.40. The minimum Gasteiger partial charge on any atom is -0.395 e. The summed E-state index contributed by atoms with van der Waals surface area (Å²) >= 11 is 2.06. The summed E-state index contributed by atoms with van der Waals surface area (Å²) in [6.07, 6.45) is 6.11. The molecule has 6 rings (SSSR count). The molecule has 3 aromatic heterocycles. The van der Waals surface area contributed by atoms with Crippen LogP contribution in [0.5, 0.6) is 0 Å². The van der Waals surface area contributed by atoms with Gasteiger partial charge in [-0.1, -0.05) is 20.8 Å². The van der Waals surface area contributed by atoms with E-state index >= 15 is 0 Å². The third-order valence-electron chi connectivity index (χ3n) is 9.84. The Balaban J connectivity index is 1.36. The largest absolute Gasteiger partial charge is 0.395 e. The van der Waals surface area contributed by atoms with Crippen molar-refractivity contribution in [1.82, 2.24) is 24.5 Å². The van der Waals surface area contributed by atoms with Crippen LogP contribution >= 0.6 is 11.8 Å². The van der Waals surface area contributed by atoms with Gasteiger partial charge in [0.25, 0.3) is 0 Å². The zero-order chi connectivity index (χ0) is 25.5. The van der Waals surface area contributed by atoms with Crippen LogP contribution in [0.25, 0.3) is 16.9 Å². The van der Waals surface area contributed by atoms with E-state index in [1.807, 2.05) is 4.52 Å². The highest BCUT2D eigenvalue weighted by Crippen LogP contribution is 2.64. The van der Waals surface area contributed by atoms with E-state index < -0.39 is 0 Å². The summed E-state index contributed by atoms with van der Waals surface area (Å²) in [7, 11) is 0. The van der Waals surface area contributed by atoms with Gasteiger partial charge in [-0.25, -0.2) is 9.50 Å². The number of aromatic nitrogens is 4. The maximum absolute atomic E-state index is 9.74. The predicted molar refractivity (Wildman–Crippen MR) is 144 cm³/mol. The highest BCUT2D eigenvalue weighted by molar-refractivity contribution is 8.01. The van der Waals surface area contributed by atoms with Gasteiger partial charge in [-0.05, 0) is 79.5 Å². The number of H-pyrrole nitrogens is 1. The number of hydrogen-bond acceptors (Lipinski definition) is 6. The zero-order valence-corrected chi connectivity index (χ0v) is 23.1. The average molecular weight is 510 g/mol. The fraction of sp³-hybridized carbons (Fsp3) is 0.643. The Kier molecular flexibility index (Phi) is 5.83. The molecule has 3 aromatic rings. The van der Waals surface area contributed by atoms with E-state index in [1.165, 1.54) is 45.0 Å². The summed E-state index contributed by atoms with van der Waals surface area (Å²) < 4.78 is 2.05. The van der Waals surface area contributed by atoms with Gasteiger partial charge in [0.05, 0.1) is 30.0 Å². The van der Waals surface area contributed by atoms with Gasteiger partial charge < -0.3 is 15.2 Å². The van der Waals surface area contributed by atoms with Gasteiger partial charge in [0.1, 0.15) is 6.33 Å². The van der Waals surface area contributed by atoms with Gasteiger partial charge in [-0.15, -0.1) is 11.8 Å². The molecule has 1 aliphatic carbocycles. The Bertz CT molecular complexity index is 1310. The number of thioether (sulfide) groups is 1. The number of fused-ring (bicyclic) bond motifs is 4. The lowest BCUT2D eigenvalue weighted by molar-refractivity contribution is 0.0375. The molecular weight excluding hydrogens is 470 g/mol. The molecule has 2 bridgehead atoms. The van der Waals surface area contributed by atoms with Crippen molar-refractivity contribution >= 4 is 17.4 Å².